The molecule has 0 saturated heterocycles. The molecule has 0 bridgehead atoms. The normalized spacial score (nSPS) is 29.2. The first-order valence-electron chi connectivity index (χ1n) is 10.2. The third kappa shape index (κ3) is 7.11. The number of ether oxygens (including phenoxy) is 2. The molecule has 0 radical (unpaired) electrons. The molecule has 0 heterocycles. The molecule has 1 N–H and O–H groups in total. The fourth-order valence-electron chi connectivity index (χ4n) is 4.36. The quantitative estimate of drug-likeness (QED) is 0.559. The van der Waals surface area contributed by atoms with E-state index in [1.165, 1.54) is 44.9 Å². The van der Waals surface area contributed by atoms with E-state index >= 15 is 0 Å². The highest BCUT2D eigenvalue weighted by molar-refractivity contribution is 4.84. The van der Waals surface area contributed by atoms with Crippen molar-refractivity contribution in [2.45, 2.75) is 96.2 Å². The van der Waals surface area contributed by atoms with Gasteiger partial charge < -0.3 is 14.6 Å². The van der Waals surface area contributed by atoms with Gasteiger partial charge in [0.05, 0.1) is 18.8 Å². The second-order valence-corrected chi connectivity index (χ2v) is 7.62. The van der Waals surface area contributed by atoms with Crippen molar-refractivity contribution in [1.82, 2.24) is 0 Å². The lowest BCUT2D eigenvalue weighted by Gasteiger charge is -2.40. The third-order valence-corrected chi connectivity index (χ3v) is 5.83. The van der Waals surface area contributed by atoms with Crippen LogP contribution in [0.3, 0.4) is 0 Å². The molecule has 3 heteroatoms. The van der Waals surface area contributed by atoms with Crippen molar-refractivity contribution in [3.8, 4) is 0 Å². The lowest BCUT2D eigenvalue weighted by Crippen LogP contribution is -2.35. The van der Waals surface area contributed by atoms with Crippen LogP contribution in [0.4, 0.5) is 0 Å². The number of aliphatic hydroxyl groups is 1. The molecule has 0 aliphatic heterocycles. The summed E-state index contributed by atoms with van der Waals surface area (Å²) in [6, 6.07) is 0. The van der Waals surface area contributed by atoms with E-state index in [1.54, 1.807) is 0 Å². The highest BCUT2D eigenvalue weighted by atomic mass is 16.5. The molecular formula is C20H38O3. The smallest absolute Gasteiger partial charge is 0.0809 e. The molecule has 0 amide bonds. The molecule has 2 rings (SSSR count). The number of hydrogen-bond donors (Lipinski definition) is 1. The van der Waals surface area contributed by atoms with Crippen LogP contribution in [0.25, 0.3) is 0 Å². The Balaban J connectivity index is 1.57. The van der Waals surface area contributed by atoms with Gasteiger partial charge in [-0.1, -0.05) is 45.4 Å². The Bertz CT molecular complexity index is 295. The zero-order valence-electron chi connectivity index (χ0n) is 15.2. The third-order valence-electron chi connectivity index (χ3n) is 5.83. The molecule has 2 saturated carbocycles. The Hall–Kier alpha value is -0.120. The molecule has 23 heavy (non-hydrogen) atoms. The maximum absolute atomic E-state index is 8.75. The topological polar surface area (TPSA) is 38.7 Å². The summed E-state index contributed by atoms with van der Waals surface area (Å²) in [6.07, 6.45) is 15.8. The predicted molar refractivity (Wildman–Crippen MR) is 94.6 cm³/mol. The Morgan fingerprint density at radius 2 is 1.74 bits per heavy atom. The fourth-order valence-corrected chi connectivity index (χ4v) is 4.36. The molecule has 4 unspecified atom stereocenters. The lowest BCUT2D eigenvalue weighted by molar-refractivity contribution is -0.0869. The summed E-state index contributed by atoms with van der Waals surface area (Å²) in [5, 5.41) is 8.75. The van der Waals surface area contributed by atoms with Crippen molar-refractivity contribution >= 4 is 0 Å². The first kappa shape index (κ1) is 19.2. The number of hydrogen-bond acceptors (Lipinski definition) is 3. The molecule has 4 atom stereocenters. The molecule has 0 spiro atoms. The summed E-state index contributed by atoms with van der Waals surface area (Å²) in [7, 11) is 0. The van der Waals surface area contributed by atoms with Crippen LogP contribution >= 0.6 is 0 Å². The zero-order valence-corrected chi connectivity index (χ0v) is 15.2. The van der Waals surface area contributed by atoms with Gasteiger partial charge in [0.15, 0.2) is 0 Å². The van der Waals surface area contributed by atoms with E-state index in [1.807, 2.05) is 0 Å². The maximum Gasteiger partial charge on any atom is 0.0809 e. The van der Waals surface area contributed by atoms with E-state index in [0.29, 0.717) is 12.7 Å². The minimum Gasteiger partial charge on any atom is -0.396 e. The van der Waals surface area contributed by atoms with Crippen molar-refractivity contribution in [2.75, 3.05) is 19.8 Å². The van der Waals surface area contributed by atoms with Crippen LogP contribution < -0.4 is 0 Å². The summed E-state index contributed by atoms with van der Waals surface area (Å²) in [6.45, 7) is 4.11. The number of unbranched alkanes of at least 4 members (excludes halogenated alkanes) is 3. The van der Waals surface area contributed by atoms with Crippen molar-refractivity contribution in [3.63, 3.8) is 0 Å². The Kier molecular flexibility index (Phi) is 9.55. The van der Waals surface area contributed by atoms with Gasteiger partial charge in [-0.25, -0.2) is 0 Å². The van der Waals surface area contributed by atoms with Crippen molar-refractivity contribution in [3.05, 3.63) is 0 Å². The van der Waals surface area contributed by atoms with E-state index in [9.17, 15) is 0 Å². The van der Waals surface area contributed by atoms with Crippen LogP contribution in [0.2, 0.25) is 0 Å². The molecule has 0 aromatic rings. The summed E-state index contributed by atoms with van der Waals surface area (Å²) < 4.78 is 12.2. The molecule has 0 aromatic carbocycles. The lowest BCUT2D eigenvalue weighted by atomic mass is 9.70. The van der Waals surface area contributed by atoms with Crippen LogP contribution in [0.1, 0.15) is 84.0 Å². The van der Waals surface area contributed by atoms with Crippen molar-refractivity contribution in [2.24, 2.45) is 11.8 Å². The van der Waals surface area contributed by atoms with Crippen LogP contribution in [0.5, 0.6) is 0 Å². The SMILES string of the molecule is CCC(COCCCCCCO)OC1CCC2CCCCC2C1. The van der Waals surface area contributed by atoms with E-state index in [4.69, 9.17) is 14.6 Å². The summed E-state index contributed by atoms with van der Waals surface area (Å²) >= 11 is 0. The highest BCUT2D eigenvalue weighted by Crippen LogP contribution is 2.41. The molecule has 2 aliphatic carbocycles. The Morgan fingerprint density at radius 3 is 2.52 bits per heavy atom. The largest absolute Gasteiger partial charge is 0.396 e. The van der Waals surface area contributed by atoms with E-state index < -0.39 is 0 Å². The van der Waals surface area contributed by atoms with Gasteiger partial charge >= 0.3 is 0 Å². The van der Waals surface area contributed by atoms with Crippen LogP contribution in [-0.2, 0) is 9.47 Å². The molecule has 136 valence electrons. The summed E-state index contributed by atoms with van der Waals surface area (Å²) in [5.74, 6) is 1.94. The van der Waals surface area contributed by atoms with Crippen LogP contribution in [0, 0.1) is 11.8 Å². The van der Waals surface area contributed by atoms with Gasteiger partial charge in [-0.05, 0) is 50.4 Å². The van der Waals surface area contributed by atoms with Gasteiger partial charge in [0.2, 0.25) is 0 Å². The number of aliphatic hydroxyl groups excluding tert-OH is 1. The average Bonchev–Trinajstić information content (AvgIpc) is 2.59. The predicted octanol–water partition coefficient (Wildman–Crippen LogP) is 4.71. The highest BCUT2D eigenvalue weighted by Gasteiger charge is 2.33. The van der Waals surface area contributed by atoms with Crippen molar-refractivity contribution < 1.29 is 14.6 Å². The zero-order chi connectivity index (χ0) is 16.3. The van der Waals surface area contributed by atoms with Crippen LogP contribution in [0.15, 0.2) is 0 Å². The van der Waals surface area contributed by atoms with Gasteiger partial charge in [-0.15, -0.1) is 0 Å². The molecule has 0 aromatic heterocycles. The van der Waals surface area contributed by atoms with Crippen LogP contribution in [-0.4, -0.2) is 37.1 Å². The fraction of sp³-hybridized carbons (Fsp3) is 1.00. The van der Waals surface area contributed by atoms with Gasteiger partial charge in [-0.3, -0.25) is 0 Å². The number of fused-ring (bicyclic) bond motifs is 1. The Labute approximate surface area is 143 Å². The molecule has 2 fully saturated rings. The first-order valence-corrected chi connectivity index (χ1v) is 10.2. The van der Waals surface area contributed by atoms with E-state index in [2.05, 4.69) is 6.92 Å². The van der Waals surface area contributed by atoms with Gasteiger partial charge in [0, 0.05) is 13.2 Å². The Morgan fingerprint density at radius 1 is 0.957 bits per heavy atom. The van der Waals surface area contributed by atoms with Crippen molar-refractivity contribution in [1.29, 1.82) is 0 Å². The monoisotopic (exact) mass is 326 g/mol. The second-order valence-electron chi connectivity index (χ2n) is 7.62. The van der Waals surface area contributed by atoms with Gasteiger partial charge in [-0.2, -0.15) is 0 Å². The standard InChI is InChI=1S/C20H38O3/c1-2-19(16-22-14-8-4-3-7-13-21)23-20-12-11-17-9-5-6-10-18(17)15-20/h17-21H,2-16H2,1H3. The second kappa shape index (κ2) is 11.4. The van der Waals surface area contributed by atoms with E-state index in [-0.39, 0.29) is 6.10 Å². The maximum atomic E-state index is 8.75. The summed E-state index contributed by atoms with van der Waals surface area (Å²) in [5.41, 5.74) is 0. The van der Waals surface area contributed by atoms with Gasteiger partial charge in [0.25, 0.3) is 0 Å². The van der Waals surface area contributed by atoms with Gasteiger partial charge in [0.1, 0.15) is 0 Å². The average molecular weight is 327 g/mol. The number of rotatable bonds is 11. The minimum atomic E-state index is 0.276. The molecular weight excluding hydrogens is 288 g/mol. The molecule has 3 nitrogen and oxygen atoms in total. The first-order chi connectivity index (χ1) is 11.3. The van der Waals surface area contributed by atoms with E-state index in [0.717, 1.165) is 57.2 Å². The molecule has 2 aliphatic rings. The summed E-state index contributed by atoms with van der Waals surface area (Å²) in [4.78, 5) is 0. The minimum absolute atomic E-state index is 0.276.